The molecule has 0 N–H and O–H groups in total. The number of rotatable bonds is 7. The molecule has 1 fully saturated rings. The van der Waals surface area contributed by atoms with E-state index in [-0.39, 0.29) is 13.2 Å². The van der Waals surface area contributed by atoms with E-state index in [1.807, 2.05) is 0 Å². The summed E-state index contributed by atoms with van der Waals surface area (Å²) in [6, 6.07) is 0. The lowest BCUT2D eigenvalue weighted by atomic mass is 9.98. The maximum absolute atomic E-state index is 11.5. The third-order valence-corrected chi connectivity index (χ3v) is 3.23. The fourth-order valence-electron chi connectivity index (χ4n) is 2.44. The Bertz CT molecular complexity index is 531. The zero-order chi connectivity index (χ0) is 19.9. The first-order chi connectivity index (χ1) is 12.1. The molecule has 0 saturated carbocycles. The minimum atomic E-state index is -1.23. The van der Waals surface area contributed by atoms with Crippen molar-refractivity contribution in [3.63, 3.8) is 0 Å². The first-order valence-corrected chi connectivity index (χ1v) is 7.87. The van der Waals surface area contributed by atoms with E-state index in [0.717, 1.165) is 20.8 Å². The van der Waals surface area contributed by atoms with Gasteiger partial charge in [-0.2, -0.15) is 0 Å². The highest BCUT2D eigenvalue weighted by Gasteiger charge is 2.52. The third kappa shape index (κ3) is 6.60. The summed E-state index contributed by atoms with van der Waals surface area (Å²) >= 11 is 0. The van der Waals surface area contributed by atoms with Crippen molar-refractivity contribution in [3.05, 3.63) is 6.92 Å². The van der Waals surface area contributed by atoms with E-state index in [1.54, 1.807) is 0 Å². The van der Waals surface area contributed by atoms with Crippen LogP contribution in [0.2, 0.25) is 0 Å². The SMILES string of the molecule is [CH2]CO[C@@H]1O[C@H](COC(C)=O)[C@@H](OC(C)=O)[C@H](OC(C)=O)[C@@H]1OC(C)=O. The van der Waals surface area contributed by atoms with Crippen LogP contribution in [0.4, 0.5) is 0 Å². The Labute approximate surface area is 151 Å². The van der Waals surface area contributed by atoms with Gasteiger partial charge in [0, 0.05) is 34.3 Å². The summed E-state index contributed by atoms with van der Waals surface area (Å²) in [5, 5.41) is 0. The molecule has 0 aromatic carbocycles. The molecule has 1 aliphatic rings. The lowest BCUT2D eigenvalue weighted by Crippen LogP contribution is -2.62. The Kier molecular flexibility index (Phi) is 8.46. The summed E-state index contributed by atoms with van der Waals surface area (Å²) in [4.78, 5) is 45.6. The average molecular weight is 375 g/mol. The lowest BCUT2D eigenvalue weighted by Gasteiger charge is -2.43. The zero-order valence-electron chi connectivity index (χ0n) is 15.1. The van der Waals surface area contributed by atoms with Gasteiger partial charge < -0.3 is 28.4 Å². The van der Waals surface area contributed by atoms with Crippen molar-refractivity contribution in [2.45, 2.75) is 58.4 Å². The standard InChI is InChI=1S/C16H23O10/c1-6-21-16-15(25-11(5)20)14(24-10(4)19)13(23-9(3)18)12(26-16)7-22-8(2)17/h12-16H,1,6-7H2,2-5H3/t12-,13-,14+,15+,16-/m1/s1. The van der Waals surface area contributed by atoms with Crippen molar-refractivity contribution >= 4 is 23.9 Å². The van der Waals surface area contributed by atoms with E-state index in [2.05, 4.69) is 6.92 Å². The van der Waals surface area contributed by atoms with Crippen molar-refractivity contribution in [1.82, 2.24) is 0 Å². The molecule has 0 spiro atoms. The van der Waals surface area contributed by atoms with Crippen LogP contribution >= 0.6 is 0 Å². The molecule has 1 aliphatic heterocycles. The van der Waals surface area contributed by atoms with Gasteiger partial charge in [0.1, 0.15) is 12.7 Å². The molecule has 0 unspecified atom stereocenters. The molecule has 10 heteroatoms. The summed E-state index contributed by atoms with van der Waals surface area (Å²) in [6.45, 7) is 7.81. The minimum Gasteiger partial charge on any atom is -0.463 e. The Morgan fingerprint density at radius 1 is 0.808 bits per heavy atom. The smallest absolute Gasteiger partial charge is 0.303 e. The number of hydrogen-bond acceptors (Lipinski definition) is 10. The monoisotopic (exact) mass is 375 g/mol. The molecule has 0 aromatic heterocycles. The van der Waals surface area contributed by atoms with Crippen molar-refractivity contribution < 1.29 is 47.6 Å². The van der Waals surface area contributed by atoms with Crippen LogP contribution in [0.3, 0.4) is 0 Å². The highest BCUT2D eigenvalue weighted by molar-refractivity contribution is 5.68. The largest absolute Gasteiger partial charge is 0.463 e. The molecular formula is C16H23O10. The molecule has 26 heavy (non-hydrogen) atoms. The average Bonchev–Trinajstić information content (AvgIpc) is 2.50. The summed E-state index contributed by atoms with van der Waals surface area (Å²) < 4.78 is 31.4. The first-order valence-electron chi connectivity index (χ1n) is 7.87. The zero-order valence-corrected chi connectivity index (χ0v) is 15.1. The number of hydrogen-bond donors (Lipinski definition) is 0. The van der Waals surface area contributed by atoms with Crippen LogP contribution < -0.4 is 0 Å². The van der Waals surface area contributed by atoms with Crippen LogP contribution in [0.25, 0.3) is 0 Å². The highest BCUT2D eigenvalue weighted by Crippen LogP contribution is 2.29. The number of carbonyl (C=O) groups excluding carboxylic acids is 4. The normalized spacial score (nSPS) is 28.0. The van der Waals surface area contributed by atoms with Crippen LogP contribution in [0.5, 0.6) is 0 Å². The minimum absolute atomic E-state index is 0.0479. The van der Waals surface area contributed by atoms with Crippen molar-refractivity contribution in [2.24, 2.45) is 0 Å². The van der Waals surface area contributed by atoms with Gasteiger partial charge in [-0.15, -0.1) is 0 Å². The summed E-state index contributed by atoms with van der Waals surface area (Å²) in [7, 11) is 0. The quantitative estimate of drug-likeness (QED) is 0.441. The van der Waals surface area contributed by atoms with E-state index in [1.165, 1.54) is 6.92 Å². The van der Waals surface area contributed by atoms with Crippen LogP contribution in [0.1, 0.15) is 27.7 Å². The number of ether oxygens (including phenoxy) is 6. The fraction of sp³-hybridized carbons (Fsp3) is 0.688. The number of esters is 4. The van der Waals surface area contributed by atoms with Crippen LogP contribution in [-0.4, -0.2) is 67.8 Å². The molecule has 5 atom stereocenters. The van der Waals surface area contributed by atoms with Gasteiger partial charge in [-0.25, -0.2) is 0 Å². The van der Waals surface area contributed by atoms with E-state index in [4.69, 9.17) is 28.4 Å². The molecule has 1 radical (unpaired) electrons. The molecule has 0 aromatic rings. The maximum atomic E-state index is 11.5. The third-order valence-electron chi connectivity index (χ3n) is 3.23. The first kappa shape index (κ1) is 21.8. The molecular weight excluding hydrogens is 352 g/mol. The Balaban J connectivity index is 3.22. The second-order valence-electron chi connectivity index (χ2n) is 5.44. The number of carbonyl (C=O) groups is 4. The molecule has 10 nitrogen and oxygen atoms in total. The predicted molar refractivity (Wildman–Crippen MR) is 83.3 cm³/mol. The molecule has 147 valence electrons. The van der Waals surface area contributed by atoms with Crippen LogP contribution in [0.15, 0.2) is 0 Å². The van der Waals surface area contributed by atoms with Crippen LogP contribution in [0, 0.1) is 6.92 Å². The van der Waals surface area contributed by atoms with Crippen molar-refractivity contribution in [2.75, 3.05) is 13.2 Å². The Morgan fingerprint density at radius 3 is 1.77 bits per heavy atom. The van der Waals surface area contributed by atoms with Crippen molar-refractivity contribution in [1.29, 1.82) is 0 Å². The predicted octanol–water partition coefficient (Wildman–Crippen LogP) is -0.0798. The van der Waals surface area contributed by atoms with Gasteiger partial charge in [0.05, 0.1) is 0 Å². The lowest BCUT2D eigenvalue weighted by molar-refractivity contribution is -0.306. The van der Waals surface area contributed by atoms with E-state index in [9.17, 15) is 19.2 Å². The van der Waals surface area contributed by atoms with Crippen molar-refractivity contribution in [3.8, 4) is 0 Å². The van der Waals surface area contributed by atoms with E-state index in [0.29, 0.717) is 0 Å². The van der Waals surface area contributed by atoms with Gasteiger partial charge in [0.15, 0.2) is 24.6 Å². The van der Waals surface area contributed by atoms with Gasteiger partial charge in [-0.1, -0.05) is 0 Å². The summed E-state index contributed by atoms with van der Waals surface area (Å²) in [6.07, 6.45) is -5.82. The molecule has 0 aliphatic carbocycles. The fourth-order valence-corrected chi connectivity index (χ4v) is 2.44. The molecule has 0 bridgehead atoms. The molecule has 1 rings (SSSR count). The topological polar surface area (TPSA) is 124 Å². The molecule has 1 saturated heterocycles. The second kappa shape index (κ2) is 10.1. The van der Waals surface area contributed by atoms with Gasteiger partial charge in [0.2, 0.25) is 0 Å². The van der Waals surface area contributed by atoms with Gasteiger partial charge in [-0.05, 0) is 6.92 Å². The highest BCUT2D eigenvalue weighted by atomic mass is 16.7. The molecule has 0 amide bonds. The van der Waals surface area contributed by atoms with Gasteiger partial charge in [-0.3, -0.25) is 19.2 Å². The molecule has 1 heterocycles. The van der Waals surface area contributed by atoms with E-state index < -0.39 is 54.6 Å². The summed E-state index contributed by atoms with van der Waals surface area (Å²) in [5.41, 5.74) is 0. The maximum Gasteiger partial charge on any atom is 0.303 e. The Morgan fingerprint density at radius 2 is 1.31 bits per heavy atom. The van der Waals surface area contributed by atoms with E-state index >= 15 is 0 Å². The van der Waals surface area contributed by atoms with Gasteiger partial charge in [0.25, 0.3) is 0 Å². The summed E-state index contributed by atoms with van der Waals surface area (Å²) in [5.74, 6) is -2.67. The Hall–Kier alpha value is -2.20. The van der Waals surface area contributed by atoms with Crippen LogP contribution in [-0.2, 0) is 47.6 Å². The van der Waals surface area contributed by atoms with Gasteiger partial charge >= 0.3 is 23.9 Å². The second-order valence-corrected chi connectivity index (χ2v) is 5.44.